The maximum absolute atomic E-state index is 11.6. The fraction of sp³-hybridized carbons (Fsp3) is 0.824. The SMILES string of the molecule is CCN(CC)[C@H]1CC(P(=O)([O-])[O-])=CC[C@H]1[C@H](CC(C)C)NC(C)=O.Cl.[Na+].[Na+]. The van der Waals surface area contributed by atoms with Gasteiger partial charge in [0.1, 0.15) is 0 Å². The van der Waals surface area contributed by atoms with Gasteiger partial charge in [0.05, 0.1) is 0 Å². The molecule has 0 spiro atoms. The van der Waals surface area contributed by atoms with Crippen molar-refractivity contribution in [1.29, 1.82) is 0 Å². The van der Waals surface area contributed by atoms with Crippen molar-refractivity contribution in [2.45, 2.75) is 66.0 Å². The average Bonchev–Trinajstić information content (AvgIpc) is 2.46. The van der Waals surface area contributed by atoms with Crippen LogP contribution < -0.4 is 74.2 Å². The third kappa shape index (κ3) is 11.0. The Morgan fingerprint density at radius 1 is 1.30 bits per heavy atom. The fourth-order valence-corrected chi connectivity index (χ4v) is 4.48. The Labute approximate surface area is 214 Å². The van der Waals surface area contributed by atoms with Gasteiger partial charge < -0.3 is 24.6 Å². The normalized spacial score (nSPS) is 20.7. The summed E-state index contributed by atoms with van der Waals surface area (Å²) in [5.74, 6) is 0.438. The summed E-state index contributed by atoms with van der Waals surface area (Å²) in [6, 6.07) is -0.0737. The van der Waals surface area contributed by atoms with Crippen molar-refractivity contribution in [2.24, 2.45) is 11.8 Å². The van der Waals surface area contributed by atoms with E-state index in [0.717, 1.165) is 19.5 Å². The first kappa shape index (κ1) is 33.3. The van der Waals surface area contributed by atoms with Crippen LogP contribution in [-0.2, 0) is 9.36 Å². The topological polar surface area (TPSA) is 95.5 Å². The number of nitrogens with one attached hydrogen (secondary N) is 1. The van der Waals surface area contributed by atoms with Crippen LogP contribution in [-0.4, -0.2) is 36.0 Å². The predicted octanol–water partition coefficient (Wildman–Crippen LogP) is -4.11. The third-order valence-electron chi connectivity index (χ3n) is 4.80. The van der Waals surface area contributed by atoms with Gasteiger partial charge in [-0.3, -0.25) is 4.79 Å². The Morgan fingerprint density at radius 2 is 1.81 bits per heavy atom. The number of rotatable bonds is 8. The van der Waals surface area contributed by atoms with Crippen LogP contribution in [0.3, 0.4) is 0 Å². The smallest absolute Gasteiger partial charge is 0.808 e. The molecule has 1 aliphatic rings. The molecular formula is C17H32ClN2Na2O4P. The summed E-state index contributed by atoms with van der Waals surface area (Å²) in [5, 5.41) is 3.06. The Hall–Kier alpha value is 1.61. The van der Waals surface area contributed by atoms with Crippen molar-refractivity contribution in [3.8, 4) is 0 Å². The summed E-state index contributed by atoms with van der Waals surface area (Å²) < 4.78 is 11.5. The van der Waals surface area contributed by atoms with E-state index in [-0.39, 0.29) is 107 Å². The van der Waals surface area contributed by atoms with Crippen molar-refractivity contribution in [3.05, 3.63) is 11.4 Å². The second-order valence-corrected chi connectivity index (χ2v) is 8.59. The Balaban J connectivity index is -0.00000192. The van der Waals surface area contributed by atoms with E-state index in [0.29, 0.717) is 12.3 Å². The van der Waals surface area contributed by atoms with E-state index in [1.54, 1.807) is 6.08 Å². The molecule has 0 saturated carbocycles. The van der Waals surface area contributed by atoms with E-state index in [1.807, 2.05) is 13.8 Å². The molecule has 0 aromatic heterocycles. The molecule has 0 unspecified atom stereocenters. The molecule has 1 N–H and O–H groups in total. The summed E-state index contributed by atoms with van der Waals surface area (Å²) in [7, 11) is -4.70. The van der Waals surface area contributed by atoms with E-state index in [4.69, 9.17) is 0 Å². The number of halogens is 1. The van der Waals surface area contributed by atoms with Crippen LogP contribution in [0.2, 0.25) is 0 Å². The zero-order chi connectivity index (χ0) is 18.5. The van der Waals surface area contributed by atoms with Gasteiger partial charge in [0.15, 0.2) is 0 Å². The van der Waals surface area contributed by atoms with Gasteiger partial charge in [-0.2, -0.15) is 0 Å². The molecule has 6 nitrogen and oxygen atoms in total. The quantitative estimate of drug-likeness (QED) is 0.306. The summed E-state index contributed by atoms with van der Waals surface area (Å²) in [5.41, 5.74) is 0. The molecule has 1 rings (SSSR count). The minimum Gasteiger partial charge on any atom is -0.808 e. The molecule has 0 heterocycles. The van der Waals surface area contributed by atoms with Gasteiger partial charge in [-0.05, 0) is 57.1 Å². The van der Waals surface area contributed by atoms with E-state index >= 15 is 0 Å². The van der Waals surface area contributed by atoms with Crippen molar-refractivity contribution < 1.29 is 78.3 Å². The molecule has 0 aromatic carbocycles. The van der Waals surface area contributed by atoms with Crippen LogP contribution in [0.25, 0.3) is 0 Å². The number of hydrogen-bond donors (Lipinski definition) is 1. The van der Waals surface area contributed by atoms with Crippen molar-refractivity contribution >= 4 is 25.9 Å². The molecule has 0 radical (unpaired) electrons. The Kier molecular flexibility index (Phi) is 19.0. The fourth-order valence-electron chi connectivity index (χ4n) is 3.74. The molecule has 10 heteroatoms. The number of nitrogens with zero attached hydrogens (tertiary/aromatic N) is 1. The number of amides is 1. The molecule has 0 bridgehead atoms. The van der Waals surface area contributed by atoms with Crippen LogP contribution in [0.1, 0.15) is 53.9 Å². The largest absolute Gasteiger partial charge is 1.00 e. The van der Waals surface area contributed by atoms with Crippen LogP contribution >= 0.6 is 20.0 Å². The summed E-state index contributed by atoms with van der Waals surface area (Å²) in [6.45, 7) is 11.3. The van der Waals surface area contributed by atoms with E-state index in [1.165, 1.54) is 6.92 Å². The molecule has 1 amide bonds. The summed E-state index contributed by atoms with van der Waals surface area (Å²) >= 11 is 0. The summed E-state index contributed by atoms with van der Waals surface area (Å²) in [6.07, 6.45) is 3.14. The molecule has 0 aliphatic heterocycles. The van der Waals surface area contributed by atoms with Crippen molar-refractivity contribution in [1.82, 2.24) is 10.2 Å². The molecule has 0 saturated heterocycles. The van der Waals surface area contributed by atoms with Gasteiger partial charge in [0.2, 0.25) is 5.91 Å². The van der Waals surface area contributed by atoms with Gasteiger partial charge in [0.25, 0.3) is 0 Å². The van der Waals surface area contributed by atoms with Gasteiger partial charge in [-0.15, -0.1) is 12.4 Å². The van der Waals surface area contributed by atoms with E-state index < -0.39 is 7.60 Å². The summed E-state index contributed by atoms with van der Waals surface area (Å²) in [4.78, 5) is 36.8. The minimum atomic E-state index is -4.70. The first-order chi connectivity index (χ1) is 11.1. The molecule has 27 heavy (non-hydrogen) atoms. The van der Waals surface area contributed by atoms with Gasteiger partial charge in [-0.25, -0.2) is 0 Å². The van der Waals surface area contributed by atoms with Crippen LogP contribution in [0, 0.1) is 11.8 Å². The third-order valence-corrected chi connectivity index (χ3v) is 5.87. The molecule has 0 aromatic rings. The second kappa shape index (κ2) is 15.4. The van der Waals surface area contributed by atoms with Gasteiger partial charge >= 0.3 is 59.1 Å². The zero-order valence-electron chi connectivity index (χ0n) is 17.9. The Morgan fingerprint density at radius 3 is 2.19 bits per heavy atom. The Bertz CT molecular complexity index is 513. The number of allylic oxidation sites excluding steroid dienone is 1. The standard InChI is InChI=1S/C17H33N2O4P.ClH.2Na/c1-6-19(7-2)17-11-14(24(21,22)23)8-9-15(17)16(10-12(3)4)18-13(5)20;;;/h8,12,15-17H,6-7,9-11H2,1-5H3,(H,18,20)(H2,21,22,23);1H;;/q;;2*+1/p-2/t15-,16-,17-;;;/m0.../s1. The number of hydrogen-bond acceptors (Lipinski definition) is 5. The molecule has 0 fully saturated rings. The van der Waals surface area contributed by atoms with Crippen LogP contribution in [0.4, 0.5) is 0 Å². The second-order valence-electron chi connectivity index (χ2n) is 7.02. The van der Waals surface area contributed by atoms with Gasteiger partial charge in [-0.1, -0.05) is 33.8 Å². The number of carbonyl (C=O) groups excluding carboxylic acids is 1. The zero-order valence-corrected chi connectivity index (χ0v) is 23.6. The minimum absolute atomic E-state index is 0. The first-order valence-corrected chi connectivity index (χ1v) is 10.4. The van der Waals surface area contributed by atoms with Crippen LogP contribution in [0.15, 0.2) is 11.4 Å². The average molecular weight is 441 g/mol. The number of carbonyl (C=O) groups is 1. The van der Waals surface area contributed by atoms with Crippen LogP contribution in [0.5, 0.6) is 0 Å². The predicted molar refractivity (Wildman–Crippen MR) is 99.4 cm³/mol. The monoisotopic (exact) mass is 440 g/mol. The van der Waals surface area contributed by atoms with E-state index in [2.05, 4.69) is 24.1 Å². The molecule has 3 atom stereocenters. The van der Waals surface area contributed by atoms with Gasteiger partial charge in [0, 0.05) is 19.0 Å². The molecule has 1 aliphatic carbocycles. The van der Waals surface area contributed by atoms with E-state index in [9.17, 15) is 19.1 Å². The van der Waals surface area contributed by atoms with Crippen molar-refractivity contribution in [3.63, 3.8) is 0 Å². The maximum Gasteiger partial charge on any atom is 1.00 e. The molecular weight excluding hydrogens is 409 g/mol. The molecule has 148 valence electrons. The van der Waals surface area contributed by atoms with Crippen molar-refractivity contribution in [2.75, 3.05) is 13.1 Å². The first-order valence-electron chi connectivity index (χ1n) is 8.82. The maximum atomic E-state index is 11.6.